The molecule has 2 aromatic carbocycles. The smallest absolute Gasteiger partial charge is 0.178 e. The zero-order chi connectivity index (χ0) is 15.1. The van der Waals surface area contributed by atoms with E-state index in [1.165, 1.54) is 0 Å². The molecule has 0 spiro atoms. The van der Waals surface area contributed by atoms with Crippen LogP contribution in [-0.4, -0.2) is 9.55 Å². The van der Waals surface area contributed by atoms with Gasteiger partial charge in [0.15, 0.2) is 4.77 Å². The molecule has 0 saturated heterocycles. The first-order chi connectivity index (χ1) is 9.97. The number of fused-ring (bicyclic) bond motifs is 1. The Hall–Kier alpha value is -1.21. The molecule has 0 aliphatic rings. The zero-order valence-corrected chi connectivity index (χ0v) is 14.6. The molecule has 1 heterocycles. The Labute approximate surface area is 141 Å². The van der Waals surface area contributed by atoms with Crippen LogP contribution in [0.1, 0.15) is 24.1 Å². The third-order valence-corrected chi connectivity index (χ3v) is 4.71. The first-order valence-electron chi connectivity index (χ1n) is 6.63. The van der Waals surface area contributed by atoms with Gasteiger partial charge in [0.05, 0.1) is 17.1 Å². The van der Waals surface area contributed by atoms with Crippen molar-refractivity contribution >= 4 is 45.8 Å². The van der Waals surface area contributed by atoms with Gasteiger partial charge >= 0.3 is 0 Å². The Balaban J connectivity index is 2.17. The van der Waals surface area contributed by atoms with Gasteiger partial charge in [-0.3, -0.25) is 0 Å². The monoisotopic (exact) mass is 412 g/mol. The van der Waals surface area contributed by atoms with Crippen molar-refractivity contribution in [3.05, 3.63) is 61.7 Å². The fourth-order valence-electron chi connectivity index (χ4n) is 2.51. The van der Waals surface area contributed by atoms with Gasteiger partial charge in [-0.15, -0.1) is 0 Å². The second-order valence-corrected chi connectivity index (χ2v) is 6.78. The number of hydrogen-bond acceptors (Lipinski definition) is 1. The summed E-state index contributed by atoms with van der Waals surface area (Å²) in [6.07, 6.45) is 0. The van der Waals surface area contributed by atoms with Crippen molar-refractivity contribution < 1.29 is 4.39 Å². The Morgan fingerprint density at radius 3 is 2.71 bits per heavy atom. The Bertz CT molecular complexity index is 882. The maximum Gasteiger partial charge on any atom is 0.178 e. The van der Waals surface area contributed by atoms with E-state index in [1.807, 2.05) is 35.8 Å². The quantitative estimate of drug-likeness (QED) is 0.444. The molecule has 3 rings (SSSR count). The number of H-pyrrole nitrogens is 1. The normalized spacial score (nSPS) is 12.8. The zero-order valence-electron chi connectivity index (χ0n) is 11.7. The number of benzene rings is 2. The number of aromatic nitrogens is 2. The minimum atomic E-state index is -0.180. The van der Waals surface area contributed by atoms with E-state index >= 15 is 0 Å². The number of nitrogens with zero attached hydrogens (tertiary/aromatic N) is 1. The van der Waals surface area contributed by atoms with Crippen molar-refractivity contribution in [3.63, 3.8) is 0 Å². The van der Waals surface area contributed by atoms with Gasteiger partial charge in [0.1, 0.15) is 5.82 Å². The first kappa shape index (κ1) is 14.7. The van der Waals surface area contributed by atoms with Crippen LogP contribution in [0.15, 0.2) is 36.4 Å². The van der Waals surface area contributed by atoms with Crippen LogP contribution < -0.4 is 0 Å². The van der Waals surface area contributed by atoms with Crippen molar-refractivity contribution in [1.29, 1.82) is 0 Å². The molecule has 0 saturated carbocycles. The van der Waals surface area contributed by atoms with E-state index in [0.717, 1.165) is 20.2 Å². The lowest BCUT2D eigenvalue weighted by Crippen LogP contribution is -2.07. The van der Waals surface area contributed by atoms with Crippen molar-refractivity contribution in [1.82, 2.24) is 9.55 Å². The average Bonchev–Trinajstić information content (AvgIpc) is 2.76. The second kappa shape index (κ2) is 5.53. The number of aryl methyl sites for hydroxylation is 1. The lowest BCUT2D eigenvalue weighted by Gasteiger charge is -2.16. The van der Waals surface area contributed by atoms with Gasteiger partial charge in [-0.2, -0.15) is 0 Å². The van der Waals surface area contributed by atoms with E-state index < -0.39 is 0 Å². The molecule has 0 aliphatic heterocycles. The van der Waals surface area contributed by atoms with Gasteiger partial charge in [0.2, 0.25) is 0 Å². The topological polar surface area (TPSA) is 20.7 Å². The lowest BCUT2D eigenvalue weighted by atomic mass is 10.1. The lowest BCUT2D eigenvalue weighted by molar-refractivity contribution is 0.600. The van der Waals surface area contributed by atoms with Crippen LogP contribution in [0, 0.1) is 21.1 Å². The number of halogens is 2. The summed E-state index contributed by atoms with van der Waals surface area (Å²) in [5.74, 6) is -0.180. The highest BCUT2D eigenvalue weighted by Crippen LogP contribution is 2.26. The molecule has 3 aromatic rings. The van der Waals surface area contributed by atoms with Crippen molar-refractivity contribution in [2.45, 2.75) is 19.9 Å². The third kappa shape index (κ3) is 2.64. The number of aromatic amines is 1. The highest BCUT2D eigenvalue weighted by Gasteiger charge is 2.14. The highest BCUT2D eigenvalue weighted by atomic mass is 127. The number of nitrogens with one attached hydrogen (secondary N) is 1. The SMILES string of the molecule is Cc1ccc(C(C)n2c(=S)[nH]c3cc(I)ccc32)cc1F. The summed E-state index contributed by atoms with van der Waals surface area (Å²) in [5, 5.41) is 0. The van der Waals surface area contributed by atoms with Crippen LogP contribution >= 0.6 is 34.8 Å². The van der Waals surface area contributed by atoms with E-state index in [4.69, 9.17) is 12.2 Å². The van der Waals surface area contributed by atoms with Crippen LogP contribution in [0.25, 0.3) is 11.0 Å². The summed E-state index contributed by atoms with van der Waals surface area (Å²) in [5.41, 5.74) is 3.61. The van der Waals surface area contributed by atoms with E-state index in [-0.39, 0.29) is 11.9 Å². The minimum Gasteiger partial charge on any atom is -0.331 e. The van der Waals surface area contributed by atoms with Crippen molar-refractivity contribution in [2.75, 3.05) is 0 Å². The van der Waals surface area contributed by atoms with Gasteiger partial charge in [-0.05, 0) is 84.0 Å². The molecular weight excluding hydrogens is 398 g/mol. The minimum absolute atomic E-state index is 0.0265. The van der Waals surface area contributed by atoms with Crippen molar-refractivity contribution in [3.8, 4) is 0 Å². The summed E-state index contributed by atoms with van der Waals surface area (Å²) in [4.78, 5) is 3.22. The molecule has 5 heteroatoms. The van der Waals surface area contributed by atoms with Crippen LogP contribution in [0.4, 0.5) is 4.39 Å². The Kier molecular flexibility index (Phi) is 3.88. The van der Waals surface area contributed by atoms with E-state index in [2.05, 4.69) is 33.6 Å². The van der Waals surface area contributed by atoms with E-state index in [9.17, 15) is 4.39 Å². The summed E-state index contributed by atoms with van der Waals surface area (Å²) in [6.45, 7) is 3.80. The molecule has 1 unspecified atom stereocenters. The fraction of sp³-hybridized carbons (Fsp3) is 0.188. The van der Waals surface area contributed by atoms with Gasteiger partial charge in [0, 0.05) is 3.57 Å². The van der Waals surface area contributed by atoms with Crippen LogP contribution in [0.3, 0.4) is 0 Å². The van der Waals surface area contributed by atoms with Gasteiger partial charge in [-0.1, -0.05) is 12.1 Å². The Morgan fingerprint density at radius 2 is 2.00 bits per heavy atom. The molecule has 21 heavy (non-hydrogen) atoms. The summed E-state index contributed by atoms with van der Waals surface area (Å²) < 4.78 is 17.6. The number of imidazole rings is 1. The van der Waals surface area contributed by atoms with E-state index in [0.29, 0.717) is 10.3 Å². The molecule has 0 fully saturated rings. The van der Waals surface area contributed by atoms with Crippen LogP contribution in [-0.2, 0) is 0 Å². The van der Waals surface area contributed by atoms with Crippen molar-refractivity contribution in [2.24, 2.45) is 0 Å². The molecule has 2 nitrogen and oxygen atoms in total. The standard InChI is InChI=1S/C16H14FIN2S/c1-9-3-4-11(7-13(9)17)10(2)20-15-6-5-12(18)8-14(15)19-16(20)21/h3-8,10H,1-2H3,(H,19,21). The molecular formula is C16H14FIN2S. The van der Waals surface area contributed by atoms with Gasteiger partial charge in [0.25, 0.3) is 0 Å². The largest absolute Gasteiger partial charge is 0.331 e. The molecule has 0 aliphatic carbocycles. The predicted octanol–water partition coefficient (Wildman–Crippen LogP) is 5.36. The van der Waals surface area contributed by atoms with Gasteiger partial charge in [-0.25, -0.2) is 4.39 Å². The maximum atomic E-state index is 13.8. The molecule has 0 amide bonds. The molecule has 1 aromatic heterocycles. The molecule has 0 radical (unpaired) electrons. The summed E-state index contributed by atoms with van der Waals surface area (Å²) in [6, 6.07) is 11.5. The van der Waals surface area contributed by atoms with Crippen LogP contribution in [0.2, 0.25) is 0 Å². The number of hydrogen-bond donors (Lipinski definition) is 1. The Morgan fingerprint density at radius 1 is 1.24 bits per heavy atom. The molecule has 1 N–H and O–H groups in total. The molecule has 108 valence electrons. The fourth-order valence-corrected chi connectivity index (χ4v) is 3.36. The second-order valence-electron chi connectivity index (χ2n) is 5.15. The molecule has 1 atom stereocenters. The summed E-state index contributed by atoms with van der Waals surface area (Å²) >= 11 is 7.72. The first-order valence-corrected chi connectivity index (χ1v) is 8.12. The highest BCUT2D eigenvalue weighted by molar-refractivity contribution is 14.1. The summed E-state index contributed by atoms with van der Waals surface area (Å²) in [7, 11) is 0. The maximum absolute atomic E-state index is 13.8. The average molecular weight is 412 g/mol. The van der Waals surface area contributed by atoms with E-state index in [1.54, 1.807) is 13.0 Å². The number of rotatable bonds is 2. The predicted molar refractivity (Wildman–Crippen MR) is 94.8 cm³/mol. The molecule has 0 bridgehead atoms. The van der Waals surface area contributed by atoms with Crippen LogP contribution in [0.5, 0.6) is 0 Å². The van der Waals surface area contributed by atoms with Gasteiger partial charge < -0.3 is 9.55 Å². The third-order valence-electron chi connectivity index (χ3n) is 3.74.